The Bertz CT molecular complexity index is 103. The van der Waals surface area contributed by atoms with Crippen LogP contribution in [0, 0.1) is 0 Å². The van der Waals surface area contributed by atoms with Crippen LogP contribution in [0.2, 0.25) is 0 Å². The SMILES string of the molecule is O=S([O-])OC1CNC1. The number of hydrogen-bond donors (Lipinski definition) is 1. The molecule has 1 heterocycles. The van der Waals surface area contributed by atoms with E-state index in [1.165, 1.54) is 0 Å². The molecular weight excluding hydrogens is 130 g/mol. The summed E-state index contributed by atoms with van der Waals surface area (Å²) in [5.41, 5.74) is 0. The Morgan fingerprint density at radius 2 is 2.38 bits per heavy atom. The van der Waals surface area contributed by atoms with Gasteiger partial charge in [0.2, 0.25) is 0 Å². The summed E-state index contributed by atoms with van der Waals surface area (Å²) >= 11 is -2.33. The molecule has 1 rings (SSSR count). The Kier molecular flexibility index (Phi) is 1.95. The Hall–Kier alpha value is 0.0300. The van der Waals surface area contributed by atoms with Crippen molar-refractivity contribution in [1.29, 1.82) is 0 Å². The molecule has 1 atom stereocenters. The molecule has 0 bridgehead atoms. The second-order valence-corrected chi connectivity index (χ2v) is 2.18. The molecule has 0 amide bonds. The molecule has 1 fully saturated rings. The average molecular weight is 136 g/mol. The Balaban J connectivity index is 2.09. The van der Waals surface area contributed by atoms with Crippen molar-refractivity contribution in [2.75, 3.05) is 13.1 Å². The van der Waals surface area contributed by atoms with Crippen LogP contribution in [0.25, 0.3) is 0 Å². The molecule has 4 nitrogen and oxygen atoms in total. The lowest BCUT2D eigenvalue weighted by atomic mass is 10.2. The van der Waals surface area contributed by atoms with E-state index >= 15 is 0 Å². The monoisotopic (exact) mass is 136 g/mol. The van der Waals surface area contributed by atoms with Gasteiger partial charge in [0.25, 0.3) is 0 Å². The van der Waals surface area contributed by atoms with E-state index in [0.29, 0.717) is 13.1 Å². The van der Waals surface area contributed by atoms with Crippen LogP contribution in [0.1, 0.15) is 0 Å². The zero-order chi connectivity index (χ0) is 5.98. The normalized spacial score (nSPS) is 24.6. The molecule has 0 aromatic heterocycles. The highest BCUT2D eigenvalue weighted by Gasteiger charge is 2.16. The lowest BCUT2D eigenvalue weighted by Gasteiger charge is -2.26. The van der Waals surface area contributed by atoms with Crippen LogP contribution in [0.3, 0.4) is 0 Å². The molecule has 0 saturated carbocycles. The van der Waals surface area contributed by atoms with Crippen molar-refractivity contribution in [2.24, 2.45) is 0 Å². The number of nitrogens with one attached hydrogen (secondary N) is 1. The molecule has 1 N–H and O–H groups in total. The van der Waals surface area contributed by atoms with Crippen molar-refractivity contribution in [3.8, 4) is 0 Å². The van der Waals surface area contributed by atoms with Gasteiger partial charge in [-0.25, -0.2) is 4.21 Å². The van der Waals surface area contributed by atoms with Crippen LogP contribution in [0.4, 0.5) is 0 Å². The van der Waals surface area contributed by atoms with E-state index in [0.717, 1.165) is 0 Å². The molecule has 0 radical (unpaired) electrons. The summed E-state index contributed by atoms with van der Waals surface area (Å²) < 4.78 is 23.8. The van der Waals surface area contributed by atoms with Crippen LogP contribution in [0.15, 0.2) is 0 Å². The molecule has 5 heteroatoms. The van der Waals surface area contributed by atoms with E-state index in [2.05, 4.69) is 9.50 Å². The molecule has 1 unspecified atom stereocenters. The van der Waals surface area contributed by atoms with Gasteiger partial charge in [-0.15, -0.1) is 0 Å². The molecule has 1 saturated heterocycles. The highest BCUT2D eigenvalue weighted by molar-refractivity contribution is 7.74. The molecule has 0 spiro atoms. The zero-order valence-electron chi connectivity index (χ0n) is 4.12. The van der Waals surface area contributed by atoms with Crippen molar-refractivity contribution in [3.63, 3.8) is 0 Å². The topological polar surface area (TPSA) is 61.4 Å². The first-order valence-corrected chi connectivity index (χ1v) is 3.26. The van der Waals surface area contributed by atoms with Crippen molar-refractivity contribution < 1.29 is 12.9 Å². The molecule has 1 aliphatic rings. The van der Waals surface area contributed by atoms with E-state index in [4.69, 9.17) is 0 Å². The van der Waals surface area contributed by atoms with Crippen molar-refractivity contribution in [3.05, 3.63) is 0 Å². The lowest BCUT2D eigenvalue weighted by Crippen LogP contribution is -2.48. The van der Waals surface area contributed by atoms with E-state index in [1.54, 1.807) is 0 Å². The first-order valence-electron chi connectivity index (χ1n) is 2.26. The number of hydrogen-bond acceptors (Lipinski definition) is 4. The summed E-state index contributed by atoms with van der Waals surface area (Å²) in [7, 11) is 0. The molecule has 0 aliphatic carbocycles. The van der Waals surface area contributed by atoms with Crippen LogP contribution in [-0.4, -0.2) is 28.0 Å². The van der Waals surface area contributed by atoms with Crippen molar-refractivity contribution >= 4 is 11.4 Å². The summed E-state index contributed by atoms with van der Waals surface area (Å²) in [6, 6.07) is 0. The first kappa shape index (κ1) is 6.15. The fraction of sp³-hybridized carbons (Fsp3) is 1.00. The standard InChI is InChI=1S/C3H7NO3S/c5-8(6)7-3-1-4-2-3/h3-4H,1-2H2,(H,5,6)/p-1. The summed E-state index contributed by atoms with van der Waals surface area (Å²) in [4.78, 5) is 0. The van der Waals surface area contributed by atoms with Gasteiger partial charge in [0, 0.05) is 13.1 Å². The van der Waals surface area contributed by atoms with Crippen LogP contribution in [-0.2, 0) is 15.5 Å². The van der Waals surface area contributed by atoms with Gasteiger partial charge in [-0.2, -0.15) is 0 Å². The molecule has 0 aromatic carbocycles. The maximum atomic E-state index is 9.75. The van der Waals surface area contributed by atoms with E-state index in [-0.39, 0.29) is 6.10 Å². The van der Waals surface area contributed by atoms with Gasteiger partial charge >= 0.3 is 0 Å². The Morgan fingerprint density at radius 3 is 2.50 bits per heavy atom. The van der Waals surface area contributed by atoms with Crippen LogP contribution in [0.5, 0.6) is 0 Å². The van der Waals surface area contributed by atoms with Gasteiger partial charge in [0.05, 0.1) is 17.5 Å². The predicted octanol–water partition coefficient (Wildman–Crippen LogP) is -1.23. The highest BCUT2D eigenvalue weighted by Crippen LogP contribution is 1.98. The third-order valence-corrected chi connectivity index (χ3v) is 1.39. The maximum Gasteiger partial charge on any atom is 0.0985 e. The van der Waals surface area contributed by atoms with E-state index in [1.807, 2.05) is 0 Å². The maximum absolute atomic E-state index is 9.75. The molecule has 48 valence electrons. The number of rotatable bonds is 2. The predicted molar refractivity (Wildman–Crippen MR) is 26.7 cm³/mol. The fourth-order valence-electron chi connectivity index (χ4n) is 0.441. The lowest BCUT2D eigenvalue weighted by molar-refractivity contribution is 0.144. The Labute approximate surface area is 49.7 Å². The summed E-state index contributed by atoms with van der Waals surface area (Å²) in [6.45, 7) is 1.29. The third-order valence-electron chi connectivity index (χ3n) is 0.959. The average Bonchev–Trinajstić information content (AvgIpc) is 1.55. The minimum atomic E-state index is -2.33. The second kappa shape index (κ2) is 2.54. The van der Waals surface area contributed by atoms with E-state index in [9.17, 15) is 8.76 Å². The van der Waals surface area contributed by atoms with Gasteiger partial charge < -0.3 is 9.87 Å². The highest BCUT2D eigenvalue weighted by atomic mass is 32.2. The largest absolute Gasteiger partial charge is 0.750 e. The van der Waals surface area contributed by atoms with Crippen LogP contribution >= 0.6 is 0 Å². The van der Waals surface area contributed by atoms with Gasteiger partial charge in [-0.05, 0) is 0 Å². The first-order chi connectivity index (χ1) is 3.79. The van der Waals surface area contributed by atoms with Crippen molar-refractivity contribution in [2.45, 2.75) is 6.10 Å². The zero-order valence-corrected chi connectivity index (χ0v) is 4.94. The quantitative estimate of drug-likeness (QED) is 0.483. The van der Waals surface area contributed by atoms with Gasteiger partial charge in [-0.1, -0.05) is 0 Å². The molecule has 8 heavy (non-hydrogen) atoms. The van der Waals surface area contributed by atoms with E-state index < -0.39 is 11.4 Å². The molecule has 0 aromatic rings. The van der Waals surface area contributed by atoms with Gasteiger partial charge in [0.15, 0.2) is 0 Å². The minimum absolute atomic E-state index is 0.117. The summed E-state index contributed by atoms with van der Waals surface area (Å²) in [5, 5.41) is 2.87. The smallest absolute Gasteiger partial charge is 0.0985 e. The summed E-state index contributed by atoms with van der Waals surface area (Å²) in [5.74, 6) is 0. The minimum Gasteiger partial charge on any atom is -0.750 e. The fourth-order valence-corrected chi connectivity index (χ4v) is 0.800. The van der Waals surface area contributed by atoms with Gasteiger partial charge in [0.1, 0.15) is 0 Å². The molecular formula is C3H6NO3S-. The Morgan fingerprint density at radius 1 is 1.75 bits per heavy atom. The second-order valence-electron chi connectivity index (χ2n) is 1.58. The van der Waals surface area contributed by atoms with Crippen molar-refractivity contribution in [1.82, 2.24) is 5.32 Å². The summed E-state index contributed by atoms with van der Waals surface area (Å²) in [6.07, 6.45) is -0.117. The third kappa shape index (κ3) is 1.52. The molecule has 1 aliphatic heterocycles. The van der Waals surface area contributed by atoms with Crippen LogP contribution < -0.4 is 5.32 Å². The van der Waals surface area contributed by atoms with Gasteiger partial charge in [-0.3, -0.25) is 4.18 Å².